The lowest BCUT2D eigenvalue weighted by Crippen LogP contribution is -2.19. The summed E-state index contributed by atoms with van der Waals surface area (Å²) in [6, 6.07) is 5.24. The Morgan fingerprint density at radius 1 is 1.31 bits per heavy atom. The van der Waals surface area contributed by atoms with Crippen molar-refractivity contribution in [2.45, 2.75) is 38.5 Å². The zero-order chi connectivity index (χ0) is 20.5. The third kappa shape index (κ3) is 3.90. The fourth-order valence-corrected chi connectivity index (χ4v) is 4.23. The molecule has 1 fully saturated rings. The number of carbonyl (C=O) groups is 1. The van der Waals surface area contributed by atoms with Gasteiger partial charge in [0.1, 0.15) is 11.9 Å². The van der Waals surface area contributed by atoms with Crippen LogP contribution >= 0.6 is 23.2 Å². The molecule has 4 rings (SSSR count). The summed E-state index contributed by atoms with van der Waals surface area (Å²) < 4.78 is 13.4. The van der Waals surface area contributed by atoms with E-state index in [2.05, 4.69) is 10.1 Å². The predicted octanol–water partition coefficient (Wildman–Crippen LogP) is 5.28. The van der Waals surface area contributed by atoms with E-state index in [-0.39, 0.29) is 11.9 Å². The van der Waals surface area contributed by atoms with Crippen molar-refractivity contribution in [1.29, 1.82) is 0 Å². The number of carboxylic acids is 1. The van der Waals surface area contributed by atoms with E-state index in [1.165, 1.54) is 12.4 Å². The molecule has 9 heteroatoms. The lowest BCUT2D eigenvalue weighted by Gasteiger charge is -2.23. The Morgan fingerprint density at radius 2 is 2.07 bits per heavy atom. The van der Waals surface area contributed by atoms with E-state index in [9.17, 15) is 9.90 Å². The van der Waals surface area contributed by atoms with Crippen LogP contribution in [0.25, 0.3) is 10.9 Å². The van der Waals surface area contributed by atoms with Gasteiger partial charge in [-0.3, -0.25) is 4.98 Å². The van der Waals surface area contributed by atoms with E-state index in [4.69, 9.17) is 32.7 Å². The van der Waals surface area contributed by atoms with Crippen LogP contribution in [0.5, 0.6) is 5.75 Å². The number of fused-ring (bicyclic) bond motifs is 1. The molecule has 29 heavy (non-hydrogen) atoms. The van der Waals surface area contributed by atoms with Gasteiger partial charge in [-0.1, -0.05) is 23.2 Å². The Labute approximate surface area is 177 Å². The Kier molecular flexibility index (Phi) is 5.63. The van der Waals surface area contributed by atoms with Gasteiger partial charge in [0.05, 0.1) is 15.6 Å². The van der Waals surface area contributed by atoms with Gasteiger partial charge in [0.15, 0.2) is 11.9 Å². The number of nitrogens with zero attached hydrogens (tertiary/aromatic N) is 3. The molecule has 2 aromatic heterocycles. The first-order valence-corrected chi connectivity index (χ1v) is 10.0. The third-order valence-electron chi connectivity index (χ3n) is 4.92. The van der Waals surface area contributed by atoms with Crippen molar-refractivity contribution in [2.24, 2.45) is 0 Å². The van der Waals surface area contributed by atoms with E-state index < -0.39 is 12.1 Å². The van der Waals surface area contributed by atoms with Gasteiger partial charge in [-0.2, -0.15) is 5.10 Å². The molecule has 1 aromatic carbocycles. The summed E-state index contributed by atoms with van der Waals surface area (Å²) >= 11 is 12.4. The van der Waals surface area contributed by atoms with Crippen molar-refractivity contribution >= 4 is 40.1 Å². The van der Waals surface area contributed by atoms with Crippen LogP contribution < -0.4 is 4.74 Å². The molecule has 0 bridgehead atoms. The van der Waals surface area contributed by atoms with Gasteiger partial charge < -0.3 is 14.6 Å². The number of halogens is 2. The van der Waals surface area contributed by atoms with Crippen LogP contribution in [0, 0.1) is 0 Å². The summed E-state index contributed by atoms with van der Waals surface area (Å²) in [6.07, 6.45) is 5.09. The molecule has 3 heterocycles. The van der Waals surface area contributed by atoms with Gasteiger partial charge in [-0.15, -0.1) is 0 Å². The number of carboxylic acid groups (broad SMARTS) is 1. The Morgan fingerprint density at radius 3 is 2.72 bits per heavy atom. The molecular formula is C20H19Cl2N3O4. The second-order valence-electron chi connectivity index (χ2n) is 6.88. The number of benzene rings is 1. The fourth-order valence-electron chi connectivity index (χ4n) is 3.56. The number of hydrogen-bond donors (Lipinski definition) is 1. The predicted molar refractivity (Wildman–Crippen MR) is 109 cm³/mol. The van der Waals surface area contributed by atoms with Gasteiger partial charge in [0, 0.05) is 30.0 Å². The lowest BCUT2D eigenvalue weighted by molar-refractivity contribution is -0.0368. The minimum atomic E-state index is -1.10. The maximum Gasteiger partial charge on any atom is 0.357 e. The van der Waals surface area contributed by atoms with Crippen molar-refractivity contribution in [3.05, 3.63) is 51.9 Å². The van der Waals surface area contributed by atoms with Crippen LogP contribution in [-0.4, -0.2) is 32.4 Å². The highest BCUT2D eigenvalue weighted by Crippen LogP contribution is 2.35. The van der Waals surface area contributed by atoms with Crippen LogP contribution in [0.3, 0.4) is 0 Å². The van der Waals surface area contributed by atoms with Crippen molar-refractivity contribution in [3.63, 3.8) is 0 Å². The summed E-state index contributed by atoms with van der Waals surface area (Å²) in [5.41, 5.74) is 1.27. The Hall–Kier alpha value is -2.35. The maximum absolute atomic E-state index is 11.8. The first-order chi connectivity index (χ1) is 14.0. The summed E-state index contributed by atoms with van der Waals surface area (Å²) in [6.45, 7) is 2.45. The van der Waals surface area contributed by atoms with Crippen molar-refractivity contribution in [3.8, 4) is 5.75 Å². The van der Waals surface area contributed by atoms with Crippen LogP contribution in [0.15, 0.2) is 30.6 Å². The maximum atomic E-state index is 11.8. The molecule has 2 atom stereocenters. The summed E-state index contributed by atoms with van der Waals surface area (Å²) in [5, 5.41) is 15.2. The molecule has 0 amide bonds. The highest BCUT2D eigenvalue weighted by molar-refractivity contribution is 6.35. The zero-order valence-corrected chi connectivity index (χ0v) is 17.2. The van der Waals surface area contributed by atoms with Gasteiger partial charge in [0.2, 0.25) is 0 Å². The van der Waals surface area contributed by atoms with Crippen molar-refractivity contribution < 1.29 is 19.4 Å². The van der Waals surface area contributed by atoms with Gasteiger partial charge >= 0.3 is 5.97 Å². The molecule has 152 valence electrons. The lowest BCUT2D eigenvalue weighted by atomic mass is 10.1. The zero-order valence-electron chi connectivity index (χ0n) is 15.6. The minimum absolute atomic E-state index is 0.0350. The standard InChI is InChI=1S/C20H19Cl2N3O4/c1-11(18-14(21)9-23-10-15(18)22)29-12-5-6-16-13(8-12)19(20(26)27)24-25(16)17-4-2-3-7-28-17/h5-6,8-11,17H,2-4,7H2,1H3,(H,26,27)/t11-,17-/m1/s1. The SMILES string of the molecule is C[C@@H](Oc1ccc2c(c1)c(C(=O)O)nn2[C@H]1CCCCO1)c1c(Cl)cncc1Cl. The number of rotatable bonds is 5. The fraction of sp³-hybridized carbons (Fsp3) is 0.350. The molecule has 1 saturated heterocycles. The number of aromatic carboxylic acids is 1. The van der Waals surface area contributed by atoms with E-state index in [0.29, 0.717) is 38.9 Å². The largest absolute Gasteiger partial charge is 0.486 e. The molecule has 1 aliphatic rings. The second-order valence-corrected chi connectivity index (χ2v) is 7.69. The molecule has 0 saturated carbocycles. The highest BCUT2D eigenvalue weighted by atomic mass is 35.5. The number of aromatic nitrogens is 3. The highest BCUT2D eigenvalue weighted by Gasteiger charge is 2.24. The number of pyridine rings is 1. The van der Waals surface area contributed by atoms with E-state index in [1.54, 1.807) is 22.9 Å². The Balaban J connectivity index is 1.70. The summed E-state index contributed by atoms with van der Waals surface area (Å²) in [7, 11) is 0. The minimum Gasteiger partial charge on any atom is -0.486 e. The molecule has 3 aromatic rings. The Bertz CT molecular complexity index is 1040. The molecule has 1 aliphatic heterocycles. The van der Waals surface area contributed by atoms with Crippen LogP contribution in [0.1, 0.15) is 54.6 Å². The smallest absolute Gasteiger partial charge is 0.357 e. The normalized spacial score (nSPS) is 18.0. The molecular weight excluding hydrogens is 417 g/mol. The second kappa shape index (κ2) is 8.18. The molecule has 0 unspecified atom stereocenters. The molecule has 1 N–H and O–H groups in total. The van der Waals surface area contributed by atoms with E-state index >= 15 is 0 Å². The number of ether oxygens (including phenoxy) is 2. The molecule has 0 aliphatic carbocycles. The molecule has 0 spiro atoms. The van der Waals surface area contributed by atoms with Crippen LogP contribution in [0.4, 0.5) is 0 Å². The monoisotopic (exact) mass is 435 g/mol. The number of hydrogen-bond acceptors (Lipinski definition) is 5. The topological polar surface area (TPSA) is 86.5 Å². The van der Waals surface area contributed by atoms with Gasteiger partial charge in [0.25, 0.3) is 0 Å². The third-order valence-corrected chi connectivity index (χ3v) is 5.52. The first-order valence-electron chi connectivity index (χ1n) is 9.28. The van der Waals surface area contributed by atoms with E-state index in [0.717, 1.165) is 19.3 Å². The average Bonchev–Trinajstić information content (AvgIpc) is 3.07. The van der Waals surface area contributed by atoms with Crippen molar-refractivity contribution in [2.75, 3.05) is 6.61 Å². The van der Waals surface area contributed by atoms with Gasteiger partial charge in [-0.25, -0.2) is 9.48 Å². The van der Waals surface area contributed by atoms with Crippen LogP contribution in [-0.2, 0) is 4.74 Å². The summed E-state index contributed by atoms with van der Waals surface area (Å²) in [4.78, 5) is 15.7. The first kappa shape index (κ1) is 19.9. The van der Waals surface area contributed by atoms with Gasteiger partial charge in [-0.05, 0) is 44.4 Å². The average molecular weight is 436 g/mol. The molecule has 0 radical (unpaired) electrons. The summed E-state index contributed by atoms with van der Waals surface area (Å²) in [5.74, 6) is -0.615. The quantitative estimate of drug-likeness (QED) is 0.586. The molecule has 7 nitrogen and oxygen atoms in total. The van der Waals surface area contributed by atoms with E-state index in [1.807, 2.05) is 6.92 Å². The van der Waals surface area contributed by atoms with Crippen LogP contribution in [0.2, 0.25) is 10.0 Å². The van der Waals surface area contributed by atoms with Crippen molar-refractivity contribution in [1.82, 2.24) is 14.8 Å².